The van der Waals surface area contributed by atoms with Crippen molar-refractivity contribution >= 4 is 45.0 Å². The Morgan fingerprint density at radius 3 is 2.50 bits per heavy atom. The number of carbonyl (C=O) groups is 3. The van der Waals surface area contributed by atoms with Gasteiger partial charge in [0.2, 0.25) is 5.91 Å². The summed E-state index contributed by atoms with van der Waals surface area (Å²) in [5.74, 6) is -3.86. The Bertz CT molecular complexity index is 1480. The van der Waals surface area contributed by atoms with Crippen LogP contribution < -0.4 is 15.5 Å². The van der Waals surface area contributed by atoms with Gasteiger partial charge in [-0.1, -0.05) is 32.0 Å². The first-order valence-corrected chi connectivity index (χ1v) is 12.9. The summed E-state index contributed by atoms with van der Waals surface area (Å²) in [5.41, 5.74) is 5.07. The number of Topliss-reactive ketones (excluding diaryl/α,β-unsaturated/α-hetero) is 1. The fraction of sp³-hybridized carbons (Fsp3) is 0.321. The van der Waals surface area contributed by atoms with Crippen molar-refractivity contribution < 1.29 is 27.9 Å². The molecular weight excluding hydrogens is 560 g/mol. The van der Waals surface area contributed by atoms with E-state index in [4.69, 9.17) is 10.5 Å². The molecule has 1 spiro atoms. The molecule has 38 heavy (non-hydrogen) atoms. The summed E-state index contributed by atoms with van der Waals surface area (Å²) < 4.78 is 34.9. The average molecular weight is 586 g/mol. The second-order valence-electron chi connectivity index (χ2n) is 10.4. The van der Waals surface area contributed by atoms with Crippen LogP contribution in [-0.2, 0) is 24.5 Å². The van der Waals surface area contributed by atoms with Crippen LogP contribution in [0.1, 0.15) is 39.2 Å². The summed E-state index contributed by atoms with van der Waals surface area (Å²) in [6, 6.07) is 8.64. The van der Waals surface area contributed by atoms with Gasteiger partial charge < -0.3 is 15.4 Å². The van der Waals surface area contributed by atoms with E-state index in [0.29, 0.717) is 17.3 Å². The number of hydrogen-bond donors (Lipinski definition) is 1. The van der Waals surface area contributed by atoms with Gasteiger partial charge in [0.05, 0.1) is 12.3 Å². The molecule has 0 fully saturated rings. The van der Waals surface area contributed by atoms with Crippen LogP contribution in [0.4, 0.5) is 20.2 Å². The van der Waals surface area contributed by atoms with Crippen molar-refractivity contribution in [2.24, 2.45) is 11.1 Å². The summed E-state index contributed by atoms with van der Waals surface area (Å²) in [6.07, 6.45) is 0.318. The van der Waals surface area contributed by atoms with Crippen molar-refractivity contribution in [1.29, 1.82) is 0 Å². The van der Waals surface area contributed by atoms with Crippen LogP contribution in [0, 0.1) is 17.0 Å². The molecule has 3 aliphatic rings. The zero-order chi connectivity index (χ0) is 27.7. The normalized spacial score (nSPS) is 22.3. The third kappa shape index (κ3) is 3.46. The molecule has 1 unspecified atom stereocenters. The number of amides is 1. The fourth-order valence-electron chi connectivity index (χ4n) is 5.99. The predicted octanol–water partition coefficient (Wildman–Crippen LogP) is 4.84. The van der Waals surface area contributed by atoms with E-state index in [1.165, 1.54) is 9.80 Å². The molecule has 2 heterocycles. The van der Waals surface area contributed by atoms with Gasteiger partial charge in [0.25, 0.3) is 0 Å². The molecule has 2 aromatic rings. The lowest BCUT2D eigenvalue weighted by molar-refractivity contribution is -0.140. The molecule has 0 radical (unpaired) electrons. The molecule has 7 nitrogen and oxygen atoms in total. The SMILES string of the molecule is CCOC(=O)C1=C(N)N(c2c(F)cc(F)cc2Br)C2=C(C(=O)CC(C)(C)C2)C12C(=O)N(C)c1ccccc12. The van der Waals surface area contributed by atoms with E-state index < -0.39 is 34.3 Å². The molecular formula is C28H26BrF2N3O4. The molecule has 0 aromatic heterocycles. The number of ether oxygens (including phenoxy) is 1. The van der Waals surface area contributed by atoms with Crippen molar-refractivity contribution in [1.82, 2.24) is 0 Å². The zero-order valence-corrected chi connectivity index (χ0v) is 22.9. The van der Waals surface area contributed by atoms with Crippen molar-refractivity contribution in [2.75, 3.05) is 23.5 Å². The van der Waals surface area contributed by atoms with E-state index in [1.54, 1.807) is 38.2 Å². The van der Waals surface area contributed by atoms with Crippen LogP contribution in [-0.4, -0.2) is 31.3 Å². The minimum atomic E-state index is -1.88. The molecule has 1 aliphatic carbocycles. The Morgan fingerprint density at radius 1 is 1.16 bits per heavy atom. The molecule has 10 heteroatoms. The number of hydrogen-bond acceptors (Lipinski definition) is 6. The van der Waals surface area contributed by atoms with Crippen LogP contribution in [0.25, 0.3) is 0 Å². The third-order valence-electron chi connectivity index (χ3n) is 7.35. The first-order valence-electron chi connectivity index (χ1n) is 12.1. The van der Waals surface area contributed by atoms with E-state index in [0.717, 1.165) is 6.07 Å². The summed E-state index contributed by atoms with van der Waals surface area (Å²) in [4.78, 5) is 44.7. The molecule has 2 N–H and O–H groups in total. The Kier molecular flexibility index (Phi) is 6.01. The van der Waals surface area contributed by atoms with E-state index >= 15 is 4.39 Å². The maximum absolute atomic E-state index is 15.5. The van der Waals surface area contributed by atoms with Gasteiger partial charge in [-0.15, -0.1) is 0 Å². The van der Waals surface area contributed by atoms with Crippen LogP contribution in [0.3, 0.4) is 0 Å². The molecule has 1 amide bonds. The second kappa shape index (κ2) is 8.76. The Balaban J connectivity index is 1.97. The monoisotopic (exact) mass is 585 g/mol. The molecule has 198 valence electrons. The van der Waals surface area contributed by atoms with E-state index in [9.17, 15) is 18.8 Å². The van der Waals surface area contributed by atoms with Gasteiger partial charge in [-0.05, 0) is 46.8 Å². The number of benzene rings is 2. The average Bonchev–Trinajstić information content (AvgIpc) is 3.02. The first kappa shape index (κ1) is 26.1. The van der Waals surface area contributed by atoms with Gasteiger partial charge in [-0.2, -0.15) is 0 Å². The van der Waals surface area contributed by atoms with Crippen molar-refractivity contribution in [3.8, 4) is 0 Å². The summed E-state index contributed by atoms with van der Waals surface area (Å²) in [6.45, 7) is 5.34. The number of rotatable bonds is 3. The molecule has 1 atom stereocenters. The minimum absolute atomic E-state index is 0.0232. The van der Waals surface area contributed by atoms with E-state index in [1.807, 2.05) is 13.8 Å². The van der Waals surface area contributed by atoms with Gasteiger partial charge >= 0.3 is 5.97 Å². The number of fused-ring (bicyclic) bond motifs is 3. The topological polar surface area (TPSA) is 92.9 Å². The highest BCUT2D eigenvalue weighted by molar-refractivity contribution is 9.10. The van der Waals surface area contributed by atoms with Crippen LogP contribution >= 0.6 is 15.9 Å². The quantitative estimate of drug-likeness (QED) is 0.518. The highest BCUT2D eigenvalue weighted by Gasteiger charge is 2.64. The van der Waals surface area contributed by atoms with Gasteiger partial charge in [0, 0.05) is 46.5 Å². The standard InChI is InChI=1S/C28H26BrF2N3O4/c1-5-38-25(36)22-24(32)34(23-16(29)10-14(30)11-17(23)31)19-12-27(2,3)13-20(35)21(19)28(22)15-8-6-7-9-18(15)33(4)26(28)37/h6-11H,5,12-13,32H2,1-4H3. The molecule has 0 bridgehead atoms. The Morgan fingerprint density at radius 2 is 1.84 bits per heavy atom. The lowest BCUT2D eigenvalue weighted by atomic mass is 9.60. The lowest BCUT2D eigenvalue weighted by Gasteiger charge is -2.47. The Hall–Kier alpha value is -3.53. The third-order valence-corrected chi connectivity index (χ3v) is 7.95. The number of anilines is 2. The number of nitrogens with zero attached hydrogens (tertiary/aromatic N) is 2. The Labute approximate surface area is 227 Å². The molecule has 2 aromatic carbocycles. The van der Waals surface area contributed by atoms with E-state index in [2.05, 4.69) is 15.9 Å². The molecule has 0 saturated heterocycles. The second-order valence-corrected chi connectivity index (χ2v) is 11.3. The van der Waals surface area contributed by atoms with Gasteiger partial charge in [-0.25, -0.2) is 13.6 Å². The summed E-state index contributed by atoms with van der Waals surface area (Å²) >= 11 is 3.23. The number of ketones is 1. The summed E-state index contributed by atoms with van der Waals surface area (Å²) in [5, 5.41) is 0. The van der Waals surface area contributed by atoms with Crippen molar-refractivity contribution in [3.05, 3.63) is 80.7 Å². The maximum atomic E-state index is 15.5. The number of para-hydroxylation sites is 1. The van der Waals surface area contributed by atoms with Crippen LogP contribution in [0.5, 0.6) is 0 Å². The number of allylic oxidation sites excluding steroid dienone is 1. The van der Waals surface area contributed by atoms with Crippen molar-refractivity contribution in [3.63, 3.8) is 0 Å². The minimum Gasteiger partial charge on any atom is -0.462 e. The number of halogens is 3. The number of nitrogens with two attached hydrogens (primary N) is 1. The maximum Gasteiger partial charge on any atom is 0.339 e. The number of esters is 1. The fourth-order valence-corrected chi connectivity index (χ4v) is 6.57. The molecule has 2 aliphatic heterocycles. The summed E-state index contributed by atoms with van der Waals surface area (Å²) in [7, 11) is 1.56. The number of carbonyl (C=O) groups excluding carboxylic acids is 3. The number of likely N-dealkylation sites (N-methyl/N-ethyl adjacent to an activating group) is 1. The largest absolute Gasteiger partial charge is 0.462 e. The van der Waals surface area contributed by atoms with Gasteiger partial charge in [0.1, 0.15) is 22.6 Å². The zero-order valence-electron chi connectivity index (χ0n) is 21.3. The van der Waals surface area contributed by atoms with Crippen molar-refractivity contribution in [2.45, 2.75) is 39.0 Å². The smallest absolute Gasteiger partial charge is 0.339 e. The van der Waals surface area contributed by atoms with Crippen LogP contribution in [0.2, 0.25) is 0 Å². The highest BCUT2D eigenvalue weighted by Crippen LogP contribution is 2.59. The van der Waals surface area contributed by atoms with Gasteiger partial charge in [0.15, 0.2) is 11.6 Å². The molecule has 0 saturated carbocycles. The highest BCUT2D eigenvalue weighted by atomic mass is 79.9. The first-order chi connectivity index (χ1) is 17.9. The predicted molar refractivity (Wildman–Crippen MR) is 141 cm³/mol. The molecule has 5 rings (SSSR count). The van der Waals surface area contributed by atoms with E-state index in [-0.39, 0.29) is 58.1 Å². The lowest BCUT2D eigenvalue weighted by Crippen LogP contribution is -2.55. The van der Waals surface area contributed by atoms with Gasteiger partial charge in [-0.3, -0.25) is 14.5 Å². The van der Waals surface area contributed by atoms with Crippen LogP contribution in [0.15, 0.2) is 63.5 Å².